The average molecular weight is 258 g/mol. The number of carbonyl (C=O) groups is 1. The lowest BCUT2D eigenvalue weighted by atomic mass is 10.2. The van der Waals surface area contributed by atoms with Crippen LogP contribution in [0.5, 0.6) is 0 Å². The van der Waals surface area contributed by atoms with Gasteiger partial charge in [0.1, 0.15) is 6.54 Å². The van der Waals surface area contributed by atoms with Crippen molar-refractivity contribution in [3.8, 4) is 0 Å². The molecule has 0 N–H and O–H groups in total. The molecule has 1 aromatic heterocycles. The highest BCUT2D eigenvalue weighted by molar-refractivity contribution is 7.99. The van der Waals surface area contributed by atoms with Gasteiger partial charge in [-0.3, -0.25) is 4.79 Å². The third kappa shape index (κ3) is 3.40. The second-order valence-corrected chi connectivity index (χ2v) is 4.72. The minimum absolute atomic E-state index is 0.0486. The van der Waals surface area contributed by atoms with Gasteiger partial charge in [0.05, 0.1) is 13.7 Å². The van der Waals surface area contributed by atoms with E-state index >= 15 is 0 Å². The summed E-state index contributed by atoms with van der Waals surface area (Å²) >= 11 is 1.54. The van der Waals surface area contributed by atoms with Crippen LogP contribution in [0.2, 0.25) is 0 Å². The predicted molar refractivity (Wildman–Crippen MR) is 59.5 cm³/mol. The highest BCUT2D eigenvalue weighted by Crippen LogP contribution is 2.22. The van der Waals surface area contributed by atoms with Crippen LogP contribution in [-0.2, 0) is 20.8 Å². The molecule has 0 aliphatic carbocycles. The van der Waals surface area contributed by atoms with Crippen LogP contribution in [0.4, 0.5) is 0 Å². The molecular weight excluding hydrogens is 244 g/mol. The number of thioether (sulfide) groups is 1. The summed E-state index contributed by atoms with van der Waals surface area (Å²) < 4.78 is 11.3. The van der Waals surface area contributed by atoms with Crippen molar-refractivity contribution in [3.05, 3.63) is 0 Å². The molecule has 0 radical (unpaired) electrons. The molecule has 17 heavy (non-hydrogen) atoms. The van der Waals surface area contributed by atoms with E-state index in [1.807, 2.05) is 0 Å². The van der Waals surface area contributed by atoms with Gasteiger partial charge < -0.3 is 9.47 Å². The summed E-state index contributed by atoms with van der Waals surface area (Å²) in [6, 6.07) is 0. The summed E-state index contributed by atoms with van der Waals surface area (Å²) in [7, 11) is 1.34. The largest absolute Gasteiger partial charge is 0.468 e. The summed E-state index contributed by atoms with van der Waals surface area (Å²) in [6.07, 6.45) is 1.07. The first-order valence-electron chi connectivity index (χ1n) is 5.33. The van der Waals surface area contributed by atoms with E-state index in [-0.39, 0.29) is 12.5 Å². The topological polar surface area (TPSA) is 79.1 Å². The van der Waals surface area contributed by atoms with Crippen LogP contribution in [-0.4, -0.2) is 52.3 Å². The third-order valence-electron chi connectivity index (χ3n) is 2.48. The zero-order chi connectivity index (χ0) is 12.1. The fourth-order valence-corrected chi connectivity index (χ4v) is 2.49. The van der Waals surface area contributed by atoms with Gasteiger partial charge in [-0.2, -0.15) is 0 Å². The highest BCUT2D eigenvalue weighted by Gasteiger charge is 2.18. The molecule has 8 heteroatoms. The van der Waals surface area contributed by atoms with Crippen molar-refractivity contribution < 1.29 is 14.3 Å². The van der Waals surface area contributed by atoms with Gasteiger partial charge in [0.25, 0.3) is 0 Å². The number of tetrazole rings is 1. The first-order valence-corrected chi connectivity index (χ1v) is 6.31. The second-order valence-electron chi connectivity index (χ2n) is 3.74. The Labute approximate surface area is 103 Å². The molecule has 1 aliphatic rings. The lowest BCUT2D eigenvalue weighted by Crippen LogP contribution is -2.14. The zero-order valence-corrected chi connectivity index (χ0v) is 10.4. The lowest BCUT2D eigenvalue weighted by Gasteiger charge is -2.06. The molecule has 1 fully saturated rings. The number of hydrogen-bond donors (Lipinski definition) is 0. The Morgan fingerprint density at radius 3 is 3.29 bits per heavy atom. The Morgan fingerprint density at radius 2 is 2.59 bits per heavy atom. The SMILES string of the molecule is COC(=O)Cn1nnnc1SCC1CCOC1. The van der Waals surface area contributed by atoms with Crippen LogP contribution in [0, 0.1) is 5.92 Å². The first kappa shape index (κ1) is 12.3. The number of hydrogen-bond acceptors (Lipinski definition) is 7. The van der Waals surface area contributed by atoms with E-state index in [1.165, 1.54) is 11.8 Å². The predicted octanol–water partition coefficient (Wildman–Crippen LogP) is -0.0253. The van der Waals surface area contributed by atoms with E-state index in [9.17, 15) is 4.79 Å². The Bertz CT molecular complexity index is 378. The maximum Gasteiger partial charge on any atom is 0.327 e. The zero-order valence-electron chi connectivity index (χ0n) is 9.53. The normalized spacial score (nSPS) is 19.5. The van der Waals surface area contributed by atoms with Gasteiger partial charge in [0, 0.05) is 12.4 Å². The molecule has 7 nitrogen and oxygen atoms in total. The number of nitrogens with zero attached hydrogens (tertiary/aromatic N) is 4. The molecule has 0 spiro atoms. The number of rotatable bonds is 5. The number of methoxy groups -OCH3 is 1. The molecule has 1 aliphatic heterocycles. The van der Waals surface area contributed by atoms with Crippen LogP contribution in [0.1, 0.15) is 6.42 Å². The van der Waals surface area contributed by atoms with Crippen LogP contribution >= 0.6 is 11.8 Å². The maximum atomic E-state index is 11.1. The molecule has 2 heterocycles. The molecule has 94 valence electrons. The van der Waals surface area contributed by atoms with Crippen molar-refractivity contribution in [2.45, 2.75) is 18.1 Å². The van der Waals surface area contributed by atoms with E-state index in [2.05, 4.69) is 20.3 Å². The van der Waals surface area contributed by atoms with E-state index in [0.717, 1.165) is 25.4 Å². The molecule has 0 amide bonds. The summed E-state index contributed by atoms with van der Waals surface area (Å²) in [5, 5.41) is 11.8. The highest BCUT2D eigenvalue weighted by atomic mass is 32.2. The first-order chi connectivity index (χ1) is 8.29. The van der Waals surface area contributed by atoms with Crippen LogP contribution in [0.3, 0.4) is 0 Å². The van der Waals surface area contributed by atoms with Gasteiger partial charge >= 0.3 is 5.97 Å². The van der Waals surface area contributed by atoms with Gasteiger partial charge in [-0.05, 0) is 22.8 Å². The van der Waals surface area contributed by atoms with Crippen molar-refractivity contribution >= 4 is 17.7 Å². The molecule has 0 saturated carbocycles. The summed E-state index contributed by atoms with van der Waals surface area (Å²) in [4.78, 5) is 11.1. The van der Waals surface area contributed by atoms with E-state index in [0.29, 0.717) is 11.1 Å². The Hall–Kier alpha value is -1.15. The van der Waals surface area contributed by atoms with Gasteiger partial charge in [-0.1, -0.05) is 11.8 Å². The van der Waals surface area contributed by atoms with E-state index in [1.54, 1.807) is 11.8 Å². The third-order valence-corrected chi connectivity index (χ3v) is 3.67. The van der Waals surface area contributed by atoms with Gasteiger partial charge in [0.15, 0.2) is 0 Å². The fraction of sp³-hybridized carbons (Fsp3) is 0.778. The monoisotopic (exact) mass is 258 g/mol. The minimum atomic E-state index is -0.358. The van der Waals surface area contributed by atoms with Gasteiger partial charge in [-0.15, -0.1) is 5.10 Å². The number of esters is 1. The molecule has 1 atom stereocenters. The van der Waals surface area contributed by atoms with Gasteiger partial charge in [-0.25, -0.2) is 4.68 Å². The van der Waals surface area contributed by atoms with Gasteiger partial charge in [0.2, 0.25) is 5.16 Å². The summed E-state index contributed by atoms with van der Waals surface area (Å²) in [5.41, 5.74) is 0. The molecule has 1 saturated heterocycles. The van der Waals surface area contributed by atoms with Crippen molar-refractivity contribution in [1.82, 2.24) is 20.2 Å². The van der Waals surface area contributed by atoms with E-state index in [4.69, 9.17) is 4.74 Å². The summed E-state index contributed by atoms with van der Waals surface area (Å²) in [5.74, 6) is 1.09. The average Bonchev–Trinajstić information content (AvgIpc) is 2.97. The Balaban J connectivity index is 1.87. The molecule has 1 unspecified atom stereocenters. The van der Waals surface area contributed by atoms with Crippen molar-refractivity contribution in [1.29, 1.82) is 0 Å². The molecule has 0 aromatic carbocycles. The van der Waals surface area contributed by atoms with Crippen LogP contribution in [0.15, 0.2) is 5.16 Å². The molecular formula is C9H14N4O3S. The van der Waals surface area contributed by atoms with Crippen LogP contribution in [0.25, 0.3) is 0 Å². The second kappa shape index (κ2) is 5.97. The summed E-state index contributed by atoms with van der Waals surface area (Å²) in [6.45, 7) is 1.68. The molecule has 2 rings (SSSR count). The fourth-order valence-electron chi connectivity index (χ4n) is 1.49. The van der Waals surface area contributed by atoms with Crippen molar-refractivity contribution in [2.24, 2.45) is 5.92 Å². The number of carbonyl (C=O) groups excluding carboxylic acids is 1. The smallest absolute Gasteiger partial charge is 0.327 e. The number of ether oxygens (including phenoxy) is 2. The Kier molecular flexibility index (Phi) is 4.32. The molecule has 0 bridgehead atoms. The maximum absolute atomic E-state index is 11.1. The quantitative estimate of drug-likeness (QED) is 0.542. The standard InChI is InChI=1S/C9H14N4O3S/c1-15-8(14)4-13-9(10-11-12-13)17-6-7-2-3-16-5-7/h7H,2-6H2,1H3. The van der Waals surface area contributed by atoms with E-state index < -0.39 is 0 Å². The van der Waals surface area contributed by atoms with Crippen molar-refractivity contribution in [3.63, 3.8) is 0 Å². The van der Waals surface area contributed by atoms with Crippen LogP contribution < -0.4 is 0 Å². The minimum Gasteiger partial charge on any atom is -0.468 e. The lowest BCUT2D eigenvalue weighted by molar-refractivity contribution is -0.141. The van der Waals surface area contributed by atoms with Crippen molar-refractivity contribution in [2.75, 3.05) is 26.1 Å². The Morgan fingerprint density at radius 1 is 1.71 bits per heavy atom. The number of aromatic nitrogens is 4. The molecule has 1 aromatic rings.